The van der Waals surface area contributed by atoms with Gasteiger partial charge in [0.05, 0.1) is 5.02 Å². The third kappa shape index (κ3) is 5.43. The van der Waals surface area contributed by atoms with Crippen molar-refractivity contribution in [3.05, 3.63) is 49.0 Å². The summed E-state index contributed by atoms with van der Waals surface area (Å²) in [4.78, 5) is 1.20. The minimum absolute atomic E-state index is 0.167. The molecule has 2 rings (SSSR count). The zero-order valence-electron chi connectivity index (χ0n) is 11.0. The van der Waals surface area contributed by atoms with Crippen LogP contribution in [0.4, 0.5) is 0 Å². The number of aliphatic hydroxyl groups excluding tert-OH is 1. The van der Waals surface area contributed by atoms with Gasteiger partial charge in [-0.25, -0.2) is 0 Å². The summed E-state index contributed by atoms with van der Waals surface area (Å²) in [6.07, 6.45) is -0.615. The summed E-state index contributed by atoms with van der Waals surface area (Å²) in [6.45, 7) is 1.31. The second-order valence-electron chi connectivity index (χ2n) is 4.36. The standard InChI is InChI=1S/C14H14BrCl2NO2S/c15-11-3-4-21-14(11)7-18-6-10(19)8-20-13-2-1-9(16)5-12(13)17/h1-5,10,18-19H,6-8H2. The van der Waals surface area contributed by atoms with Crippen molar-refractivity contribution in [2.45, 2.75) is 12.6 Å². The van der Waals surface area contributed by atoms with Crippen LogP contribution in [-0.2, 0) is 6.54 Å². The van der Waals surface area contributed by atoms with Crippen LogP contribution in [0.5, 0.6) is 5.75 Å². The molecule has 3 nitrogen and oxygen atoms in total. The average molecular weight is 411 g/mol. The van der Waals surface area contributed by atoms with E-state index in [9.17, 15) is 5.11 Å². The minimum atomic E-state index is -0.615. The lowest BCUT2D eigenvalue weighted by Gasteiger charge is -2.14. The van der Waals surface area contributed by atoms with Crippen molar-refractivity contribution in [2.75, 3.05) is 13.2 Å². The van der Waals surface area contributed by atoms with Crippen LogP contribution >= 0.6 is 50.5 Å². The van der Waals surface area contributed by atoms with Gasteiger partial charge in [-0.3, -0.25) is 0 Å². The number of aliphatic hydroxyl groups is 1. The smallest absolute Gasteiger partial charge is 0.138 e. The van der Waals surface area contributed by atoms with Crippen molar-refractivity contribution in [1.29, 1.82) is 0 Å². The molecular formula is C14H14BrCl2NO2S. The summed E-state index contributed by atoms with van der Waals surface area (Å²) >= 11 is 16.9. The van der Waals surface area contributed by atoms with Crippen LogP contribution in [0.2, 0.25) is 10.0 Å². The second-order valence-corrected chi connectivity index (χ2v) is 7.06. The molecule has 0 bridgehead atoms. The first-order chi connectivity index (χ1) is 10.1. The van der Waals surface area contributed by atoms with Gasteiger partial charge in [0.1, 0.15) is 18.5 Å². The Bertz CT molecular complexity index is 594. The summed E-state index contributed by atoms with van der Waals surface area (Å²) in [7, 11) is 0. The number of hydrogen-bond acceptors (Lipinski definition) is 4. The van der Waals surface area contributed by atoms with Gasteiger partial charge in [0.2, 0.25) is 0 Å². The van der Waals surface area contributed by atoms with E-state index in [1.54, 1.807) is 29.5 Å². The molecule has 0 fully saturated rings. The fourth-order valence-electron chi connectivity index (χ4n) is 1.64. The van der Waals surface area contributed by atoms with Crippen LogP contribution < -0.4 is 10.1 Å². The molecule has 0 spiro atoms. The van der Waals surface area contributed by atoms with E-state index in [4.69, 9.17) is 27.9 Å². The van der Waals surface area contributed by atoms with Gasteiger partial charge in [-0.1, -0.05) is 23.2 Å². The van der Waals surface area contributed by atoms with E-state index in [-0.39, 0.29) is 6.61 Å². The predicted octanol–water partition coefficient (Wildman–Crippen LogP) is 4.35. The van der Waals surface area contributed by atoms with Crippen LogP contribution in [0.25, 0.3) is 0 Å². The van der Waals surface area contributed by atoms with Gasteiger partial charge in [-0.05, 0) is 45.6 Å². The number of ether oxygens (including phenoxy) is 1. The summed E-state index contributed by atoms with van der Waals surface area (Å²) < 4.78 is 6.56. The number of rotatable bonds is 7. The first-order valence-electron chi connectivity index (χ1n) is 6.24. The maximum atomic E-state index is 9.89. The van der Waals surface area contributed by atoms with Crippen molar-refractivity contribution in [3.63, 3.8) is 0 Å². The molecule has 114 valence electrons. The fraction of sp³-hybridized carbons (Fsp3) is 0.286. The lowest BCUT2D eigenvalue weighted by atomic mass is 10.3. The van der Waals surface area contributed by atoms with E-state index in [1.807, 2.05) is 11.4 Å². The Morgan fingerprint density at radius 3 is 2.81 bits per heavy atom. The normalized spacial score (nSPS) is 12.4. The van der Waals surface area contributed by atoms with Gasteiger partial charge in [-0.2, -0.15) is 0 Å². The lowest BCUT2D eigenvalue weighted by Crippen LogP contribution is -2.31. The van der Waals surface area contributed by atoms with Gasteiger partial charge < -0.3 is 15.2 Å². The third-order valence-corrected chi connectivity index (χ3v) is 5.14. The summed E-state index contributed by atoms with van der Waals surface area (Å²) in [5.74, 6) is 0.515. The zero-order valence-corrected chi connectivity index (χ0v) is 14.9. The predicted molar refractivity (Wildman–Crippen MR) is 91.7 cm³/mol. The fourth-order valence-corrected chi connectivity index (χ4v) is 3.57. The van der Waals surface area contributed by atoms with Crippen LogP contribution in [0.3, 0.4) is 0 Å². The van der Waals surface area contributed by atoms with E-state index < -0.39 is 6.10 Å². The van der Waals surface area contributed by atoms with E-state index >= 15 is 0 Å². The quantitative estimate of drug-likeness (QED) is 0.712. The second kappa shape index (κ2) is 8.36. The van der Waals surface area contributed by atoms with Gasteiger partial charge in [-0.15, -0.1) is 11.3 Å². The molecule has 7 heteroatoms. The van der Waals surface area contributed by atoms with Crippen molar-refractivity contribution in [3.8, 4) is 5.75 Å². The Balaban J connectivity index is 1.72. The Labute approximate surface area is 146 Å². The molecule has 2 aromatic rings. The van der Waals surface area contributed by atoms with Crippen LogP contribution in [0, 0.1) is 0 Å². The summed E-state index contributed by atoms with van der Waals surface area (Å²) in [6, 6.07) is 7.00. The molecule has 0 saturated carbocycles. The summed E-state index contributed by atoms with van der Waals surface area (Å²) in [5, 5.41) is 16.1. The molecule has 21 heavy (non-hydrogen) atoms. The Hall–Kier alpha value is -0.300. The van der Waals surface area contributed by atoms with Crippen molar-refractivity contribution < 1.29 is 9.84 Å². The molecule has 0 aliphatic carbocycles. The third-order valence-electron chi connectivity index (χ3n) is 2.68. The van der Waals surface area contributed by atoms with Crippen LogP contribution in [-0.4, -0.2) is 24.4 Å². The number of benzene rings is 1. The highest BCUT2D eigenvalue weighted by Gasteiger charge is 2.08. The topological polar surface area (TPSA) is 41.5 Å². The van der Waals surface area contributed by atoms with Crippen LogP contribution in [0.1, 0.15) is 4.88 Å². The molecule has 0 radical (unpaired) electrons. The summed E-state index contributed by atoms with van der Waals surface area (Å²) in [5.41, 5.74) is 0. The molecule has 0 saturated heterocycles. The number of thiophene rings is 1. The molecule has 1 heterocycles. The molecule has 0 aliphatic heterocycles. The van der Waals surface area contributed by atoms with Gasteiger partial charge >= 0.3 is 0 Å². The van der Waals surface area contributed by atoms with Crippen molar-refractivity contribution >= 4 is 50.5 Å². The van der Waals surface area contributed by atoms with Gasteiger partial charge in [0, 0.05) is 27.5 Å². The zero-order chi connectivity index (χ0) is 15.2. The number of halogens is 3. The molecule has 1 unspecified atom stereocenters. The van der Waals surface area contributed by atoms with Crippen LogP contribution in [0.15, 0.2) is 34.1 Å². The van der Waals surface area contributed by atoms with E-state index in [1.165, 1.54) is 4.88 Å². The molecule has 1 aromatic carbocycles. The average Bonchev–Trinajstić information content (AvgIpc) is 2.83. The molecule has 0 aliphatic rings. The molecular weight excluding hydrogens is 397 g/mol. The van der Waals surface area contributed by atoms with Crippen molar-refractivity contribution in [1.82, 2.24) is 5.32 Å². The lowest BCUT2D eigenvalue weighted by molar-refractivity contribution is 0.106. The Morgan fingerprint density at radius 2 is 2.14 bits per heavy atom. The molecule has 0 amide bonds. The van der Waals surface area contributed by atoms with Gasteiger partial charge in [0.15, 0.2) is 0 Å². The van der Waals surface area contributed by atoms with Crippen molar-refractivity contribution in [2.24, 2.45) is 0 Å². The minimum Gasteiger partial charge on any atom is -0.489 e. The van der Waals surface area contributed by atoms with Gasteiger partial charge in [0.25, 0.3) is 0 Å². The monoisotopic (exact) mass is 409 g/mol. The molecule has 1 atom stereocenters. The number of nitrogens with one attached hydrogen (secondary N) is 1. The Kier molecular flexibility index (Phi) is 6.79. The largest absolute Gasteiger partial charge is 0.489 e. The first-order valence-corrected chi connectivity index (χ1v) is 8.67. The highest BCUT2D eigenvalue weighted by Crippen LogP contribution is 2.27. The maximum absolute atomic E-state index is 9.89. The van der Waals surface area contributed by atoms with E-state index in [2.05, 4.69) is 21.2 Å². The molecule has 1 aromatic heterocycles. The number of hydrogen-bond donors (Lipinski definition) is 2. The first kappa shape index (κ1) is 17.1. The SMILES string of the molecule is OC(CNCc1sccc1Br)COc1ccc(Cl)cc1Cl. The van der Waals surface area contributed by atoms with E-state index in [0.29, 0.717) is 28.9 Å². The molecule has 2 N–H and O–H groups in total. The van der Waals surface area contributed by atoms with E-state index in [0.717, 1.165) is 4.47 Å². The maximum Gasteiger partial charge on any atom is 0.138 e. The highest BCUT2D eigenvalue weighted by atomic mass is 79.9. The highest BCUT2D eigenvalue weighted by molar-refractivity contribution is 9.10. The Morgan fingerprint density at radius 1 is 1.33 bits per heavy atom.